The van der Waals surface area contributed by atoms with Gasteiger partial charge in [0.1, 0.15) is 0 Å². The molecule has 0 aromatic heterocycles. The maximum atomic E-state index is 4.95. The summed E-state index contributed by atoms with van der Waals surface area (Å²) in [5, 5.41) is 3.31. The molecule has 0 aliphatic carbocycles. The minimum absolute atomic E-state index is 0.802. The van der Waals surface area contributed by atoms with Crippen LogP contribution in [0.1, 0.15) is 6.42 Å². The Hall–Kier alpha value is 0.230. The van der Waals surface area contributed by atoms with Crippen molar-refractivity contribution in [3.63, 3.8) is 0 Å². The molecule has 0 bridgehead atoms. The van der Waals surface area contributed by atoms with Crippen LogP contribution in [-0.2, 0) is 9.47 Å². The summed E-state index contributed by atoms with van der Waals surface area (Å²) >= 11 is 1.95. The van der Waals surface area contributed by atoms with Gasteiger partial charge in [0.25, 0.3) is 0 Å². The molecule has 0 rings (SSSR count). The number of nitrogens with one attached hydrogen (secondary N) is 1. The third kappa shape index (κ3) is 12.2. The molecule has 0 unspecified atom stereocenters. The van der Waals surface area contributed by atoms with Gasteiger partial charge < -0.3 is 14.8 Å². The average Bonchev–Trinajstić information content (AvgIpc) is 2.16. The van der Waals surface area contributed by atoms with E-state index in [1.807, 2.05) is 11.8 Å². The fourth-order valence-corrected chi connectivity index (χ4v) is 1.68. The van der Waals surface area contributed by atoms with Gasteiger partial charge in [-0.05, 0) is 18.7 Å². The number of thioether (sulfide) groups is 1. The third-order valence-corrected chi connectivity index (χ3v) is 2.59. The second-order valence-corrected chi connectivity index (χ2v) is 3.93. The van der Waals surface area contributed by atoms with Gasteiger partial charge in [0.05, 0.1) is 13.2 Å². The predicted octanol–water partition coefficient (Wildman–Crippen LogP) is 0.992. The molecule has 0 radical (unpaired) electrons. The van der Waals surface area contributed by atoms with Crippen LogP contribution in [-0.4, -0.2) is 52.0 Å². The Kier molecular flexibility index (Phi) is 12.4. The van der Waals surface area contributed by atoms with Gasteiger partial charge in [-0.2, -0.15) is 11.8 Å². The first kappa shape index (κ1) is 13.2. The molecule has 0 amide bonds. The highest BCUT2D eigenvalue weighted by Gasteiger charge is 1.89. The van der Waals surface area contributed by atoms with Crippen LogP contribution < -0.4 is 5.32 Å². The molecule has 0 heterocycles. The summed E-state index contributed by atoms with van der Waals surface area (Å²) in [6.45, 7) is 3.71. The Balaban J connectivity index is 2.76. The Morgan fingerprint density at radius 1 is 1.00 bits per heavy atom. The van der Waals surface area contributed by atoms with E-state index in [1.54, 1.807) is 14.2 Å². The molecule has 80 valence electrons. The highest BCUT2D eigenvalue weighted by atomic mass is 32.2. The summed E-state index contributed by atoms with van der Waals surface area (Å²) in [4.78, 5) is 0. The first-order valence-electron chi connectivity index (χ1n) is 4.68. The molecule has 4 heteroatoms. The van der Waals surface area contributed by atoms with E-state index in [2.05, 4.69) is 5.32 Å². The Bertz CT molecular complexity index is 83.7. The zero-order chi connectivity index (χ0) is 9.78. The van der Waals surface area contributed by atoms with Gasteiger partial charge in [-0.25, -0.2) is 0 Å². The van der Waals surface area contributed by atoms with E-state index in [0.717, 1.165) is 32.1 Å². The Morgan fingerprint density at radius 2 is 1.77 bits per heavy atom. The number of ether oxygens (including phenoxy) is 2. The zero-order valence-corrected chi connectivity index (χ0v) is 9.49. The largest absolute Gasteiger partial charge is 0.384 e. The molecule has 0 fully saturated rings. The molecule has 13 heavy (non-hydrogen) atoms. The molecule has 0 atom stereocenters. The summed E-state index contributed by atoms with van der Waals surface area (Å²) in [7, 11) is 3.47. The summed E-state index contributed by atoms with van der Waals surface area (Å²) in [6, 6.07) is 0. The number of hydrogen-bond donors (Lipinski definition) is 1. The van der Waals surface area contributed by atoms with Gasteiger partial charge in [-0.15, -0.1) is 0 Å². The van der Waals surface area contributed by atoms with Crippen LogP contribution in [0.25, 0.3) is 0 Å². The first-order chi connectivity index (χ1) is 6.41. The summed E-state index contributed by atoms with van der Waals surface area (Å²) in [5.74, 6) is 2.32. The van der Waals surface area contributed by atoms with E-state index >= 15 is 0 Å². The maximum Gasteiger partial charge on any atom is 0.0587 e. The lowest BCUT2D eigenvalue weighted by Gasteiger charge is -2.03. The van der Waals surface area contributed by atoms with E-state index in [4.69, 9.17) is 9.47 Å². The highest BCUT2D eigenvalue weighted by Crippen LogP contribution is 2.00. The van der Waals surface area contributed by atoms with E-state index < -0.39 is 0 Å². The van der Waals surface area contributed by atoms with Crippen LogP contribution in [0.4, 0.5) is 0 Å². The van der Waals surface area contributed by atoms with Crippen molar-refractivity contribution in [2.75, 3.05) is 52.0 Å². The van der Waals surface area contributed by atoms with Gasteiger partial charge in [-0.1, -0.05) is 0 Å². The predicted molar refractivity (Wildman–Crippen MR) is 58.6 cm³/mol. The third-order valence-electron chi connectivity index (χ3n) is 1.56. The van der Waals surface area contributed by atoms with Crippen molar-refractivity contribution in [2.24, 2.45) is 0 Å². The lowest BCUT2D eigenvalue weighted by atomic mass is 10.5. The highest BCUT2D eigenvalue weighted by molar-refractivity contribution is 7.99. The minimum atomic E-state index is 0.802. The monoisotopic (exact) mass is 207 g/mol. The fraction of sp³-hybridized carbons (Fsp3) is 1.00. The molecular formula is C9H21NO2S. The van der Waals surface area contributed by atoms with Gasteiger partial charge >= 0.3 is 0 Å². The number of rotatable bonds is 10. The Labute approximate surface area is 85.6 Å². The number of methoxy groups -OCH3 is 2. The minimum Gasteiger partial charge on any atom is -0.384 e. The molecule has 0 saturated carbocycles. The molecule has 0 spiro atoms. The molecule has 0 aliphatic rings. The van der Waals surface area contributed by atoms with Crippen molar-refractivity contribution in [3.05, 3.63) is 0 Å². The lowest BCUT2D eigenvalue weighted by molar-refractivity contribution is 0.199. The van der Waals surface area contributed by atoms with Gasteiger partial charge in [-0.3, -0.25) is 0 Å². The summed E-state index contributed by atoms with van der Waals surface area (Å²) in [6.07, 6.45) is 1.22. The molecule has 0 aromatic rings. The van der Waals surface area contributed by atoms with Crippen molar-refractivity contribution in [3.8, 4) is 0 Å². The average molecular weight is 207 g/mol. The first-order valence-corrected chi connectivity index (χ1v) is 5.83. The second-order valence-electron chi connectivity index (χ2n) is 2.70. The van der Waals surface area contributed by atoms with Crippen molar-refractivity contribution >= 4 is 11.8 Å². The maximum absolute atomic E-state index is 4.95. The van der Waals surface area contributed by atoms with Crippen molar-refractivity contribution < 1.29 is 9.47 Å². The van der Waals surface area contributed by atoms with Crippen molar-refractivity contribution in [1.82, 2.24) is 5.32 Å². The van der Waals surface area contributed by atoms with Crippen LogP contribution in [0.15, 0.2) is 0 Å². The fourth-order valence-electron chi connectivity index (χ4n) is 0.843. The molecule has 0 saturated heterocycles. The SMILES string of the molecule is COCCNCCCSCCOC. The van der Waals surface area contributed by atoms with E-state index in [0.29, 0.717) is 0 Å². The van der Waals surface area contributed by atoms with Crippen LogP contribution in [0.5, 0.6) is 0 Å². The molecular weight excluding hydrogens is 186 g/mol. The topological polar surface area (TPSA) is 30.5 Å². The van der Waals surface area contributed by atoms with Crippen molar-refractivity contribution in [2.45, 2.75) is 6.42 Å². The molecule has 1 N–H and O–H groups in total. The number of hydrogen-bond acceptors (Lipinski definition) is 4. The molecule has 0 aliphatic heterocycles. The van der Waals surface area contributed by atoms with Crippen LogP contribution >= 0.6 is 11.8 Å². The lowest BCUT2D eigenvalue weighted by Crippen LogP contribution is -2.20. The molecule has 3 nitrogen and oxygen atoms in total. The summed E-state index contributed by atoms with van der Waals surface area (Å²) in [5.41, 5.74) is 0. The van der Waals surface area contributed by atoms with Crippen LogP contribution in [0.2, 0.25) is 0 Å². The van der Waals surface area contributed by atoms with E-state index in [-0.39, 0.29) is 0 Å². The smallest absolute Gasteiger partial charge is 0.0587 e. The second kappa shape index (κ2) is 12.2. The van der Waals surface area contributed by atoms with E-state index in [1.165, 1.54) is 12.2 Å². The quantitative estimate of drug-likeness (QED) is 0.541. The summed E-state index contributed by atoms with van der Waals surface area (Å²) < 4.78 is 9.87. The zero-order valence-electron chi connectivity index (χ0n) is 8.67. The van der Waals surface area contributed by atoms with Crippen LogP contribution in [0, 0.1) is 0 Å². The van der Waals surface area contributed by atoms with E-state index in [9.17, 15) is 0 Å². The van der Waals surface area contributed by atoms with Gasteiger partial charge in [0.2, 0.25) is 0 Å². The standard InChI is InChI=1S/C9H21NO2S/c1-11-6-5-10-4-3-8-13-9-7-12-2/h10H,3-9H2,1-2H3. The van der Waals surface area contributed by atoms with Gasteiger partial charge in [0, 0.05) is 26.5 Å². The normalized spacial score (nSPS) is 10.6. The van der Waals surface area contributed by atoms with Crippen molar-refractivity contribution in [1.29, 1.82) is 0 Å². The Morgan fingerprint density at radius 3 is 2.46 bits per heavy atom. The van der Waals surface area contributed by atoms with Crippen LogP contribution in [0.3, 0.4) is 0 Å². The van der Waals surface area contributed by atoms with Gasteiger partial charge in [0.15, 0.2) is 0 Å². The molecule has 0 aromatic carbocycles.